The Balaban J connectivity index is 0. The van der Waals surface area contributed by atoms with Crippen LogP contribution in [0, 0.1) is 0 Å². The first-order valence-corrected chi connectivity index (χ1v) is 11.5. The van der Waals surface area contributed by atoms with Gasteiger partial charge >= 0.3 is 51.4 Å². The van der Waals surface area contributed by atoms with E-state index in [1.807, 2.05) is 0 Å². The van der Waals surface area contributed by atoms with Gasteiger partial charge in [-0.1, -0.05) is 84.0 Å². The fourth-order valence-electron chi connectivity index (χ4n) is 2.97. The van der Waals surface area contributed by atoms with Crippen molar-refractivity contribution in [1.82, 2.24) is 0 Å². The molecule has 25 heavy (non-hydrogen) atoms. The zero-order valence-electron chi connectivity index (χ0n) is 16.8. The van der Waals surface area contributed by atoms with E-state index in [1.165, 1.54) is 58.3 Å². The van der Waals surface area contributed by atoms with E-state index in [4.69, 9.17) is 0 Å². The molecule has 1 N–H and O–H groups in total. The third-order valence-corrected chi connectivity index (χ3v) is 6.00. The molecule has 2 unspecified atom stereocenters. The molecule has 0 aromatic rings. The third kappa shape index (κ3) is 20.1. The standard InChI is InChI=1S/C19H40O4S.K/c1-3-4-5-6-7-8-9-10-13-16-19(20)17-14-11-12-15-18(2)24(21,22)23;/h18-20H,3-17H2,1-2H3,(H,21,22,23);/q;+1/p-1. The second-order valence-electron chi connectivity index (χ2n) is 7.21. The first-order valence-electron chi connectivity index (χ1n) is 10.0. The number of hydrogen-bond donors (Lipinski definition) is 1. The zero-order valence-corrected chi connectivity index (χ0v) is 20.8. The van der Waals surface area contributed by atoms with Gasteiger partial charge in [0.2, 0.25) is 0 Å². The zero-order chi connectivity index (χ0) is 18.3. The van der Waals surface area contributed by atoms with Crippen molar-refractivity contribution in [2.24, 2.45) is 0 Å². The Hall–Kier alpha value is 1.51. The molecule has 0 aromatic carbocycles. The van der Waals surface area contributed by atoms with Crippen LogP contribution < -0.4 is 51.4 Å². The van der Waals surface area contributed by atoms with E-state index in [0.29, 0.717) is 6.42 Å². The summed E-state index contributed by atoms with van der Waals surface area (Å²) in [7, 11) is -4.13. The maximum Gasteiger partial charge on any atom is 1.00 e. The number of aliphatic hydroxyl groups is 1. The average Bonchev–Trinajstić information content (AvgIpc) is 2.51. The van der Waals surface area contributed by atoms with Gasteiger partial charge < -0.3 is 9.66 Å². The summed E-state index contributed by atoms with van der Waals surface area (Å²) < 4.78 is 32.3. The van der Waals surface area contributed by atoms with E-state index in [2.05, 4.69) is 6.92 Å². The molecule has 6 heteroatoms. The van der Waals surface area contributed by atoms with Crippen LogP contribution in [0.3, 0.4) is 0 Å². The van der Waals surface area contributed by atoms with Crippen molar-refractivity contribution in [3.63, 3.8) is 0 Å². The summed E-state index contributed by atoms with van der Waals surface area (Å²) in [6.45, 7) is 3.71. The molecule has 0 fully saturated rings. The minimum Gasteiger partial charge on any atom is -0.748 e. The van der Waals surface area contributed by atoms with Crippen LogP contribution in [0.1, 0.15) is 110 Å². The summed E-state index contributed by atoms with van der Waals surface area (Å²) in [5.74, 6) is 0. The number of hydrogen-bond acceptors (Lipinski definition) is 4. The molecule has 146 valence electrons. The third-order valence-electron chi connectivity index (χ3n) is 4.78. The Morgan fingerprint density at radius 1 is 0.760 bits per heavy atom. The van der Waals surface area contributed by atoms with E-state index in [1.54, 1.807) is 0 Å². The van der Waals surface area contributed by atoms with Crippen molar-refractivity contribution >= 4 is 10.1 Å². The van der Waals surface area contributed by atoms with Crippen molar-refractivity contribution < 1.29 is 69.5 Å². The largest absolute Gasteiger partial charge is 1.00 e. The van der Waals surface area contributed by atoms with Gasteiger partial charge in [0.05, 0.1) is 16.2 Å². The number of rotatable bonds is 17. The molecule has 0 aliphatic heterocycles. The van der Waals surface area contributed by atoms with Crippen LogP contribution in [0.25, 0.3) is 0 Å². The minimum absolute atomic E-state index is 0. The Kier molecular flexibility index (Phi) is 21.7. The summed E-state index contributed by atoms with van der Waals surface area (Å²) in [5, 5.41) is 9.15. The van der Waals surface area contributed by atoms with Crippen LogP contribution in [0.15, 0.2) is 0 Å². The Labute approximate surface area is 199 Å². The molecule has 0 aliphatic rings. The van der Waals surface area contributed by atoms with Crippen molar-refractivity contribution in [2.45, 2.75) is 122 Å². The SMILES string of the molecule is CCCCCCCCCCCC(O)CCCCCC(C)S(=O)(=O)[O-].[K+]. The number of aliphatic hydroxyl groups excluding tert-OH is 1. The van der Waals surface area contributed by atoms with Gasteiger partial charge in [-0.3, -0.25) is 0 Å². The normalized spacial score (nSPS) is 14.1. The second-order valence-corrected chi connectivity index (χ2v) is 9.00. The van der Waals surface area contributed by atoms with Crippen LogP contribution in [0.4, 0.5) is 0 Å². The summed E-state index contributed by atoms with van der Waals surface area (Å²) in [5.41, 5.74) is 0. The van der Waals surface area contributed by atoms with E-state index < -0.39 is 15.4 Å². The molecule has 0 bridgehead atoms. The minimum atomic E-state index is -4.13. The molecule has 0 rings (SSSR count). The first-order chi connectivity index (χ1) is 11.4. The fourth-order valence-corrected chi connectivity index (χ4v) is 3.42. The van der Waals surface area contributed by atoms with Gasteiger partial charge in [0.1, 0.15) is 0 Å². The van der Waals surface area contributed by atoms with E-state index in [-0.39, 0.29) is 57.5 Å². The molecule has 0 spiro atoms. The van der Waals surface area contributed by atoms with Crippen LogP contribution in [-0.4, -0.2) is 29.4 Å². The summed E-state index contributed by atoms with van der Waals surface area (Å²) in [6, 6.07) is 0. The van der Waals surface area contributed by atoms with Gasteiger partial charge in [0.15, 0.2) is 0 Å². The van der Waals surface area contributed by atoms with Gasteiger partial charge in [-0.05, 0) is 26.2 Å². The van der Waals surface area contributed by atoms with E-state index in [0.717, 1.165) is 38.5 Å². The van der Waals surface area contributed by atoms with Crippen LogP contribution in [0.2, 0.25) is 0 Å². The van der Waals surface area contributed by atoms with Gasteiger partial charge in [-0.2, -0.15) is 0 Å². The average molecular weight is 403 g/mol. The molecular weight excluding hydrogens is 363 g/mol. The van der Waals surface area contributed by atoms with Gasteiger partial charge in [-0.15, -0.1) is 0 Å². The molecule has 0 radical (unpaired) electrons. The van der Waals surface area contributed by atoms with Gasteiger partial charge in [-0.25, -0.2) is 8.42 Å². The van der Waals surface area contributed by atoms with Crippen molar-refractivity contribution in [3.05, 3.63) is 0 Å². The van der Waals surface area contributed by atoms with Crippen LogP contribution >= 0.6 is 0 Å². The summed E-state index contributed by atoms with van der Waals surface area (Å²) in [4.78, 5) is 0. The predicted molar refractivity (Wildman–Crippen MR) is 100 cm³/mol. The van der Waals surface area contributed by atoms with Crippen molar-refractivity contribution in [3.8, 4) is 0 Å². The fraction of sp³-hybridized carbons (Fsp3) is 1.00. The Morgan fingerprint density at radius 2 is 1.12 bits per heavy atom. The van der Waals surface area contributed by atoms with Crippen LogP contribution in [0.5, 0.6) is 0 Å². The maximum atomic E-state index is 10.8. The van der Waals surface area contributed by atoms with Crippen LogP contribution in [-0.2, 0) is 10.1 Å². The quantitative estimate of drug-likeness (QED) is 0.230. The molecule has 4 nitrogen and oxygen atoms in total. The monoisotopic (exact) mass is 402 g/mol. The molecule has 0 aromatic heterocycles. The summed E-state index contributed by atoms with van der Waals surface area (Å²) >= 11 is 0. The van der Waals surface area contributed by atoms with E-state index >= 15 is 0 Å². The van der Waals surface area contributed by atoms with Gasteiger partial charge in [0.25, 0.3) is 0 Å². The van der Waals surface area contributed by atoms with Crippen molar-refractivity contribution in [2.75, 3.05) is 0 Å². The molecule has 0 amide bonds. The van der Waals surface area contributed by atoms with Gasteiger partial charge in [0, 0.05) is 5.25 Å². The van der Waals surface area contributed by atoms with E-state index in [9.17, 15) is 18.1 Å². The molecule has 0 saturated carbocycles. The molecule has 2 atom stereocenters. The number of unbranched alkanes of at least 4 members (excludes halogenated alkanes) is 10. The van der Waals surface area contributed by atoms with Crippen molar-refractivity contribution in [1.29, 1.82) is 0 Å². The molecule has 0 saturated heterocycles. The topological polar surface area (TPSA) is 77.4 Å². The predicted octanol–water partition coefficient (Wildman–Crippen LogP) is 2.16. The summed E-state index contributed by atoms with van der Waals surface area (Å²) in [6.07, 6.45) is 16.1. The molecule has 0 heterocycles. The Morgan fingerprint density at radius 3 is 1.56 bits per heavy atom. The molecule has 0 aliphatic carbocycles. The smallest absolute Gasteiger partial charge is 0.748 e. The second kappa shape index (κ2) is 18.9. The first kappa shape index (κ1) is 28.7. The Bertz CT molecular complexity index is 374. The molecular formula is C19H39KO4S. The maximum absolute atomic E-state index is 10.8.